The Morgan fingerprint density at radius 2 is 1.07 bits per heavy atom. The second-order valence-electron chi connectivity index (χ2n) is 19.0. The van der Waals surface area contributed by atoms with Crippen molar-refractivity contribution < 1.29 is 33.6 Å². The highest BCUT2D eigenvalue weighted by Gasteiger charge is 2.49. The first-order valence-corrected chi connectivity index (χ1v) is 24.0. The fourth-order valence-corrected chi connectivity index (χ4v) is 10.6. The summed E-state index contributed by atoms with van der Waals surface area (Å²) in [6, 6.07) is 22.9. The molecule has 67 heavy (non-hydrogen) atoms. The van der Waals surface area contributed by atoms with Crippen LogP contribution >= 0.6 is 0 Å². The van der Waals surface area contributed by atoms with Gasteiger partial charge in [0.2, 0.25) is 29.5 Å². The highest BCUT2D eigenvalue weighted by atomic mass is 16.2. The Morgan fingerprint density at radius 3 is 1.61 bits per heavy atom. The molecule has 0 aromatic heterocycles. The first-order chi connectivity index (χ1) is 32.4. The Bertz CT molecular complexity index is 2340. The van der Waals surface area contributed by atoms with Crippen molar-refractivity contribution in [3.8, 4) is 0 Å². The van der Waals surface area contributed by atoms with E-state index in [1.54, 1.807) is 52.9 Å². The van der Waals surface area contributed by atoms with Crippen molar-refractivity contribution in [1.29, 1.82) is 0 Å². The van der Waals surface area contributed by atoms with Gasteiger partial charge in [0.1, 0.15) is 18.1 Å². The van der Waals surface area contributed by atoms with Crippen LogP contribution in [0.4, 0.5) is 21.0 Å². The average molecular weight is 915 g/mol. The predicted molar refractivity (Wildman–Crippen MR) is 251 cm³/mol. The first kappa shape index (κ1) is 45.7. The van der Waals surface area contributed by atoms with E-state index in [2.05, 4.69) is 56.2 Å². The molecule has 10 atom stereocenters. The van der Waals surface area contributed by atoms with Gasteiger partial charge < -0.3 is 51.5 Å². The van der Waals surface area contributed by atoms with Gasteiger partial charge in [-0.3, -0.25) is 24.0 Å². The summed E-state index contributed by atoms with van der Waals surface area (Å²) in [4.78, 5) is 102. The minimum atomic E-state index is -1.09. The van der Waals surface area contributed by atoms with E-state index in [0.29, 0.717) is 62.4 Å². The SMILES string of the molecule is CN[C@@H](C)C(=O)N[C@H]1CN(C(=O)Nc2ccc(NC(=O)N3CCC(=O)N4[C@H](CC[C@H]4C(=O)N[C@@H]4C[C@H]4c4ccccc4)CC3)cc2)CC[C@H]2CC[C@@H](C(=O)N[C@@H]3C[C@H]3c3ccccc3)N2C1=O. The summed E-state index contributed by atoms with van der Waals surface area (Å²) < 4.78 is 0. The molecule has 0 radical (unpaired) electrons. The van der Waals surface area contributed by atoms with Crippen molar-refractivity contribution >= 4 is 53.0 Å². The van der Waals surface area contributed by atoms with Gasteiger partial charge in [-0.25, -0.2) is 9.59 Å². The quantitative estimate of drug-likeness (QED) is 0.167. The third-order valence-corrected chi connectivity index (χ3v) is 14.7. The molecule has 9 amide bonds. The monoisotopic (exact) mass is 914 g/mol. The van der Waals surface area contributed by atoms with Crippen LogP contribution in [0.15, 0.2) is 84.9 Å². The zero-order chi connectivity index (χ0) is 46.8. The van der Waals surface area contributed by atoms with E-state index in [1.807, 2.05) is 36.4 Å². The number of nitrogens with one attached hydrogen (secondary N) is 6. The molecule has 354 valence electrons. The summed E-state index contributed by atoms with van der Waals surface area (Å²) in [5.74, 6) is -0.670. The van der Waals surface area contributed by atoms with Gasteiger partial charge in [0.25, 0.3) is 0 Å². The maximum Gasteiger partial charge on any atom is 0.321 e. The lowest BCUT2D eigenvalue weighted by Gasteiger charge is -2.39. The summed E-state index contributed by atoms with van der Waals surface area (Å²) in [7, 11) is 1.65. The van der Waals surface area contributed by atoms with Gasteiger partial charge in [-0.05, 0) is 101 Å². The second kappa shape index (κ2) is 19.8. The Morgan fingerprint density at radius 1 is 0.582 bits per heavy atom. The molecule has 6 N–H and O–H groups in total. The number of carbonyl (C=O) groups excluding carboxylic acids is 7. The van der Waals surface area contributed by atoms with E-state index < -0.39 is 42.0 Å². The van der Waals surface area contributed by atoms with E-state index in [9.17, 15) is 33.6 Å². The van der Waals surface area contributed by atoms with E-state index >= 15 is 0 Å². The second-order valence-corrected chi connectivity index (χ2v) is 19.0. The Hall–Kier alpha value is -6.49. The summed E-state index contributed by atoms with van der Waals surface area (Å²) >= 11 is 0. The van der Waals surface area contributed by atoms with Crippen LogP contribution in [-0.4, -0.2) is 143 Å². The summed E-state index contributed by atoms with van der Waals surface area (Å²) in [5, 5.41) is 18.0. The number of amides is 9. The summed E-state index contributed by atoms with van der Waals surface area (Å²) in [6.45, 7) is 2.51. The Labute approximate surface area is 391 Å². The summed E-state index contributed by atoms with van der Waals surface area (Å²) in [5.41, 5.74) is 3.34. The average Bonchev–Trinajstić information content (AvgIpc) is 4.19. The molecule has 0 unspecified atom stereocenters. The number of nitrogens with zero attached hydrogens (tertiary/aromatic N) is 4. The van der Waals surface area contributed by atoms with Crippen molar-refractivity contribution in [3.63, 3.8) is 0 Å². The van der Waals surface area contributed by atoms with Gasteiger partial charge in [0.15, 0.2) is 0 Å². The number of benzene rings is 3. The molecule has 0 spiro atoms. The number of anilines is 2. The smallest absolute Gasteiger partial charge is 0.321 e. The van der Waals surface area contributed by atoms with Crippen molar-refractivity contribution in [3.05, 3.63) is 96.1 Å². The molecule has 4 heterocycles. The molecule has 4 aliphatic heterocycles. The standard InChI is InChI=1S/C50H62N10O7/c1-30(51-2)45(62)56-41-29-58(25-22-36-18-20-43(60(36)48(41)65)47(64)55-40-28-38(40)32-11-7-4-8-12-32)50(67)53-34-15-13-33(14-16-34)52-49(66)57-24-21-35-17-19-42(59(35)44(61)23-26-57)46(63)54-39-27-37(39)31-9-5-3-6-10-31/h3-16,30,35-43,51H,17-29H2,1-2H3,(H,52,66)(H,53,67)(H,54,63)(H,55,64)(H,56,62)/t30-,35+,36+,37-,38-,39+,40+,41-,42-,43-/m0/s1. The zero-order valence-corrected chi connectivity index (χ0v) is 38.2. The molecule has 4 saturated heterocycles. The molecule has 17 heteroatoms. The number of hydrogen-bond acceptors (Lipinski definition) is 8. The number of rotatable bonds is 11. The zero-order valence-electron chi connectivity index (χ0n) is 38.2. The fraction of sp³-hybridized carbons (Fsp3) is 0.500. The normalized spacial score (nSPS) is 28.4. The van der Waals surface area contributed by atoms with Gasteiger partial charge in [-0.15, -0.1) is 0 Å². The van der Waals surface area contributed by atoms with E-state index in [-0.39, 0.29) is 79.9 Å². The van der Waals surface area contributed by atoms with Crippen LogP contribution in [0, 0.1) is 0 Å². The topological polar surface area (TPSA) is 205 Å². The lowest BCUT2D eigenvalue weighted by molar-refractivity contribution is -0.144. The highest BCUT2D eigenvalue weighted by Crippen LogP contribution is 2.42. The third-order valence-electron chi connectivity index (χ3n) is 14.7. The minimum absolute atomic E-state index is 0.00234. The van der Waals surface area contributed by atoms with Crippen molar-refractivity contribution in [2.24, 2.45) is 0 Å². The molecule has 2 saturated carbocycles. The Kier molecular flexibility index (Phi) is 13.5. The number of hydrogen-bond donors (Lipinski definition) is 6. The third kappa shape index (κ3) is 10.3. The maximum absolute atomic E-state index is 14.4. The van der Waals surface area contributed by atoms with E-state index in [1.165, 1.54) is 16.0 Å². The number of likely N-dealkylation sites (N-methyl/N-ethyl adjacent to an activating group) is 1. The first-order valence-electron chi connectivity index (χ1n) is 24.0. The number of fused-ring (bicyclic) bond motifs is 2. The molecule has 2 aliphatic carbocycles. The summed E-state index contributed by atoms with van der Waals surface area (Å²) in [6.07, 6.45) is 5.25. The molecule has 0 bridgehead atoms. The molecule has 3 aromatic rings. The molecule has 3 aromatic carbocycles. The molecule has 9 rings (SSSR count). The van der Waals surface area contributed by atoms with Gasteiger partial charge >= 0.3 is 12.1 Å². The van der Waals surface area contributed by atoms with Gasteiger partial charge in [0.05, 0.1) is 12.6 Å². The van der Waals surface area contributed by atoms with Crippen LogP contribution in [0.1, 0.15) is 87.7 Å². The maximum atomic E-state index is 14.4. The minimum Gasteiger partial charge on any atom is -0.351 e. The molecule has 6 aliphatic rings. The largest absolute Gasteiger partial charge is 0.351 e. The fourth-order valence-electron chi connectivity index (χ4n) is 10.6. The van der Waals surface area contributed by atoms with Crippen molar-refractivity contribution in [2.45, 2.75) is 125 Å². The van der Waals surface area contributed by atoms with Crippen LogP contribution in [0.25, 0.3) is 0 Å². The van der Waals surface area contributed by atoms with E-state index in [0.717, 1.165) is 12.8 Å². The van der Waals surface area contributed by atoms with Gasteiger partial charge in [0, 0.05) is 73.4 Å². The predicted octanol–water partition coefficient (Wildman–Crippen LogP) is 3.71. The van der Waals surface area contributed by atoms with Crippen LogP contribution in [0.3, 0.4) is 0 Å². The lowest BCUT2D eigenvalue weighted by Crippen LogP contribution is -2.62. The van der Waals surface area contributed by atoms with Gasteiger partial charge in [-0.2, -0.15) is 0 Å². The van der Waals surface area contributed by atoms with Gasteiger partial charge in [-0.1, -0.05) is 60.7 Å². The Balaban J connectivity index is 0.775. The van der Waals surface area contributed by atoms with Crippen molar-refractivity contribution in [1.82, 2.24) is 40.9 Å². The highest BCUT2D eigenvalue weighted by molar-refractivity contribution is 5.96. The van der Waals surface area contributed by atoms with Crippen LogP contribution in [0.2, 0.25) is 0 Å². The number of carbonyl (C=O) groups is 7. The number of urea groups is 2. The van der Waals surface area contributed by atoms with E-state index in [4.69, 9.17) is 0 Å². The van der Waals surface area contributed by atoms with Crippen LogP contribution < -0.4 is 31.9 Å². The molecule has 17 nitrogen and oxygen atoms in total. The lowest BCUT2D eigenvalue weighted by atomic mass is 10.1. The molecule has 6 fully saturated rings. The molecular formula is C50H62N10O7. The van der Waals surface area contributed by atoms with Crippen molar-refractivity contribution in [2.75, 3.05) is 43.9 Å². The molecular weight excluding hydrogens is 853 g/mol. The van der Waals surface area contributed by atoms with Crippen LogP contribution in [-0.2, 0) is 24.0 Å². The van der Waals surface area contributed by atoms with Crippen LogP contribution in [0.5, 0.6) is 0 Å².